The van der Waals surface area contributed by atoms with E-state index in [0.717, 1.165) is 31.4 Å². The summed E-state index contributed by atoms with van der Waals surface area (Å²) >= 11 is 0. The zero-order valence-electron chi connectivity index (χ0n) is 13.6. The molecule has 0 aromatic heterocycles. The summed E-state index contributed by atoms with van der Waals surface area (Å²) in [5.74, 6) is -6.82. The minimum absolute atomic E-state index is 0.125. The van der Waals surface area contributed by atoms with Crippen molar-refractivity contribution >= 4 is 30.8 Å². The number of rotatable bonds is 7. The predicted octanol–water partition coefficient (Wildman–Crippen LogP) is -0.851. The van der Waals surface area contributed by atoms with Crippen LogP contribution in [0.5, 0.6) is 0 Å². The lowest BCUT2D eigenvalue weighted by atomic mass is 9.92. The molecule has 0 fully saturated rings. The lowest BCUT2D eigenvalue weighted by molar-refractivity contribution is -0.151. The summed E-state index contributed by atoms with van der Waals surface area (Å²) < 4.78 is 7.42. The fourth-order valence-electron chi connectivity index (χ4n) is 1.16. The van der Waals surface area contributed by atoms with Crippen molar-refractivity contribution in [1.82, 2.24) is 0 Å². The van der Waals surface area contributed by atoms with Crippen molar-refractivity contribution < 1.29 is 33.5 Å². The Balaban J connectivity index is 0. The normalized spacial score (nSPS) is 9.29. The van der Waals surface area contributed by atoms with Crippen molar-refractivity contribution in [3.63, 3.8) is 0 Å². The topological polar surface area (TPSA) is 181 Å². The second-order valence-corrected chi connectivity index (χ2v) is 4.42. The molecule has 10 nitrogen and oxygen atoms in total. The monoisotopic (exact) mass is 339 g/mol. The molecule has 0 aliphatic carbocycles. The van der Waals surface area contributed by atoms with Crippen LogP contribution in [0.1, 0.15) is 40.0 Å². The first kappa shape index (κ1) is 23.5. The summed E-state index contributed by atoms with van der Waals surface area (Å²) in [5.41, 5.74) is 6.02. The predicted molar refractivity (Wildman–Crippen MR) is 79.2 cm³/mol. The summed E-state index contributed by atoms with van der Waals surface area (Å²) in [4.78, 5) is 41.7. The number of nitrogens with zero attached hydrogens (tertiary/aromatic N) is 2. The molecule has 0 aromatic carbocycles. The number of nitrogens with two attached hydrogens (primary N) is 1. The van der Waals surface area contributed by atoms with E-state index < -0.39 is 30.8 Å². The van der Waals surface area contributed by atoms with E-state index in [0.29, 0.717) is 0 Å². The van der Waals surface area contributed by atoms with Gasteiger partial charge in [-0.15, -0.1) is 0 Å². The van der Waals surface area contributed by atoms with Gasteiger partial charge in [0.2, 0.25) is 0 Å². The Hall–Kier alpha value is -2.76. The van der Waals surface area contributed by atoms with Crippen LogP contribution in [-0.4, -0.2) is 41.4 Å². The summed E-state index contributed by atoms with van der Waals surface area (Å²) in [6.07, 6.45) is 3.29. The van der Waals surface area contributed by atoms with Crippen LogP contribution in [0.4, 0.5) is 0 Å². The van der Waals surface area contributed by atoms with E-state index in [4.69, 9.17) is 21.3 Å². The Morgan fingerprint density at radius 3 is 1.42 bits per heavy atom. The average molecular weight is 339 g/mol. The SMILES string of the molecule is CCC(N)(CC)CC.N#CC(=O)C(=O)OB(O)OC(=O)C(=O)C#N. The third-order valence-corrected chi connectivity index (χ3v) is 3.10. The van der Waals surface area contributed by atoms with Crippen LogP contribution in [0.15, 0.2) is 0 Å². The summed E-state index contributed by atoms with van der Waals surface area (Å²) in [6.45, 7) is 6.44. The molecule has 130 valence electrons. The average Bonchev–Trinajstić information content (AvgIpc) is 2.59. The third-order valence-electron chi connectivity index (χ3n) is 3.10. The summed E-state index contributed by atoms with van der Waals surface area (Å²) in [5, 5.41) is 24.5. The molecular weight excluding hydrogens is 321 g/mol. The maximum absolute atomic E-state index is 10.5. The van der Waals surface area contributed by atoms with Gasteiger partial charge in [0.25, 0.3) is 0 Å². The minimum atomic E-state index is -2.55. The van der Waals surface area contributed by atoms with Crippen molar-refractivity contribution in [1.29, 1.82) is 10.5 Å². The van der Waals surface area contributed by atoms with Gasteiger partial charge in [-0.1, -0.05) is 20.8 Å². The standard InChI is InChI=1S/C7H17N.C6HBN2O7/c1-4-7(8,5-2)6-3;8-1-3(10)5(12)15-7(14)16-6(13)4(11)2-9/h4-6,8H2,1-3H3;14H. The van der Waals surface area contributed by atoms with Gasteiger partial charge in [0.05, 0.1) is 0 Å². The summed E-state index contributed by atoms with van der Waals surface area (Å²) in [6, 6.07) is 1.75. The van der Waals surface area contributed by atoms with Gasteiger partial charge >= 0.3 is 30.8 Å². The van der Waals surface area contributed by atoms with Crippen LogP contribution in [0.2, 0.25) is 0 Å². The van der Waals surface area contributed by atoms with Gasteiger partial charge < -0.3 is 20.1 Å². The molecule has 0 amide bonds. The van der Waals surface area contributed by atoms with E-state index in [2.05, 4.69) is 30.1 Å². The number of carbonyl (C=O) groups is 4. The molecule has 0 aliphatic heterocycles. The first-order valence-corrected chi connectivity index (χ1v) is 6.87. The van der Waals surface area contributed by atoms with E-state index in [1.54, 1.807) is 0 Å². The fraction of sp³-hybridized carbons (Fsp3) is 0.538. The van der Waals surface area contributed by atoms with Crippen molar-refractivity contribution in [2.24, 2.45) is 5.73 Å². The lowest BCUT2D eigenvalue weighted by Crippen LogP contribution is -2.37. The van der Waals surface area contributed by atoms with Crippen LogP contribution < -0.4 is 5.73 Å². The van der Waals surface area contributed by atoms with Crippen LogP contribution in [0, 0.1) is 22.7 Å². The van der Waals surface area contributed by atoms with E-state index in [1.807, 2.05) is 0 Å². The molecule has 0 spiro atoms. The molecule has 0 heterocycles. The highest BCUT2D eigenvalue weighted by Gasteiger charge is 2.32. The minimum Gasteiger partial charge on any atom is -0.467 e. The second kappa shape index (κ2) is 11.8. The molecule has 0 saturated carbocycles. The van der Waals surface area contributed by atoms with Gasteiger partial charge in [-0.25, -0.2) is 9.59 Å². The zero-order chi connectivity index (χ0) is 19.3. The Morgan fingerprint density at radius 2 is 1.25 bits per heavy atom. The molecule has 0 bridgehead atoms. The van der Waals surface area contributed by atoms with Crippen LogP contribution >= 0.6 is 0 Å². The number of ketones is 2. The van der Waals surface area contributed by atoms with Crippen LogP contribution in [-0.2, 0) is 28.5 Å². The maximum Gasteiger partial charge on any atom is 0.789 e. The van der Waals surface area contributed by atoms with Crippen molar-refractivity contribution in [2.75, 3.05) is 0 Å². The Bertz CT molecular complexity index is 513. The van der Waals surface area contributed by atoms with Crippen LogP contribution in [0.25, 0.3) is 0 Å². The van der Waals surface area contributed by atoms with Gasteiger partial charge in [0.1, 0.15) is 0 Å². The van der Waals surface area contributed by atoms with E-state index >= 15 is 0 Å². The first-order valence-electron chi connectivity index (χ1n) is 6.87. The highest BCUT2D eigenvalue weighted by atomic mass is 16.7. The number of carbonyl (C=O) groups excluding carboxylic acids is 4. The van der Waals surface area contributed by atoms with E-state index in [-0.39, 0.29) is 5.54 Å². The number of Topliss-reactive ketones (excluding diaryl/α,β-unsaturated/α-hetero) is 2. The molecule has 0 saturated heterocycles. The Kier molecular flexibility index (Phi) is 11.5. The zero-order valence-corrected chi connectivity index (χ0v) is 13.6. The number of hydrogen-bond acceptors (Lipinski definition) is 10. The highest BCUT2D eigenvalue weighted by Crippen LogP contribution is 2.14. The Morgan fingerprint density at radius 1 is 0.958 bits per heavy atom. The van der Waals surface area contributed by atoms with Gasteiger partial charge in [-0.2, -0.15) is 10.5 Å². The van der Waals surface area contributed by atoms with Crippen LogP contribution in [0.3, 0.4) is 0 Å². The van der Waals surface area contributed by atoms with Gasteiger partial charge in [-0.05, 0) is 19.3 Å². The molecule has 0 radical (unpaired) electrons. The first-order chi connectivity index (χ1) is 11.1. The van der Waals surface area contributed by atoms with Crippen molar-refractivity contribution in [2.45, 2.75) is 45.6 Å². The molecule has 0 rings (SSSR count). The highest BCUT2D eigenvalue weighted by molar-refractivity contribution is 6.53. The fourth-order valence-corrected chi connectivity index (χ4v) is 1.16. The summed E-state index contributed by atoms with van der Waals surface area (Å²) in [7, 11) is -2.55. The van der Waals surface area contributed by atoms with Crippen molar-refractivity contribution in [3.05, 3.63) is 0 Å². The molecule has 0 aliphatic rings. The number of nitriles is 2. The maximum atomic E-state index is 10.5. The van der Waals surface area contributed by atoms with Gasteiger partial charge in [0, 0.05) is 5.54 Å². The largest absolute Gasteiger partial charge is 0.789 e. The van der Waals surface area contributed by atoms with Gasteiger partial charge in [0.15, 0.2) is 12.1 Å². The second-order valence-electron chi connectivity index (χ2n) is 4.42. The quantitative estimate of drug-likeness (QED) is 0.337. The smallest absolute Gasteiger partial charge is 0.467 e. The lowest BCUT2D eigenvalue weighted by Gasteiger charge is -2.23. The van der Waals surface area contributed by atoms with Crippen molar-refractivity contribution in [3.8, 4) is 12.1 Å². The van der Waals surface area contributed by atoms with Gasteiger partial charge in [-0.3, -0.25) is 9.59 Å². The van der Waals surface area contributed by atoms with E-state index in [1.165, 1.54) is 0 Å². The Labute approximate surface area is 139 Å². The molecule has 0 aromatic rings. The number of hydrogen-bond donors (Lipinski definition) is 2. The molecule has 0 unspecified atom stereocenters. The molecule has 11 heteroatoms. The molecule has 3 N–H and O–H groups in total. The molecular formula is C13H18BN3O7. The molecule has 24 heavy (non-hydrogen) atoms. The molecule has 0 atom stereocenters. The third kappa shape index (κ3) is 9.30. The van der Waals surface area contributed by atoms with E-state index in [9.17, 15) is 19.2 Å².